The zero-order valence-electron chi connectivity index (χ0n) is 17.1. The number of carbonyl (C=O) groups excluding carboxylic acids is 1. The Morgan fingerprint density at radius 1 is 1.28 bits per heavy atom. The Bertz CT molecular complexity index is 962. The van der Waals surface area contributed by atoms with Crippen molar-refractivity contribution in [1.82, 2.24) is 14.8 Å². The number of carbonyl (C=O) groups is 2. The predicted molar refractivity (Wildman–Crippen MR) is 107 cm³/mol. The first kappa shape index (κ1) is 23.9. The molecule has 2 aromatic rings. The fourth-order valence-corrected chi connectivity index (χ4v) is 4.45. The fourth-order valence-electron chi connectivity index (χ4n) is 3.93. The molecule has 1 amide bonds. The first-order chi connectivity index (χ1) is 15.0. The number of ether oxygens (including phenoxy) is 1. The molecule has 1 spiro atoms. The molecule has 4 rings (SSSR count). The third kappa shape index (κ3) is 5.54. The van der Waals surface area contributed by atoms with Crippen molar-refractivity contribution in [2.45, 2.75) is 19.1 Å². The average Bonchev–Trinajstić information content (AvgIpc) is 3.38. The van der Waals surface area contributed by atoms with Crippen LogP contribution in [0.3, 0.4) is 0 Å². The topological polar surface area (TPSA) is 83.0 Å². The van der Waals surface area contributed by atoms with Crippen LogP contribution in [0, 0.1) is 11.2 Å². The lowest BCUT2D eigenvalue weighted by Gasteiger charge is -2.48. The number of rotatable bonds is 4. The van der Waals surface area contributed by atoms with Crippen molar-refractivity contribution in [2.75, 3.05) is 33.3 Å². The highest BCUT2D eigenvalue weighted by Crippen LogP contribution is 2.40. The second-order valence-electron chi connectivity index (χ2n) is 7.77. The molecule has 7 nitrogen and oxygen atoms in total. The molecule has 0 aliphatic carbocycles. The van der Waals surface area contributed by atoms with Gasteiger partial charge in [0, 0.05) is 43.5 Å². The van der Waals surface area contributed by atoms with Crippen molar-refractivity contribution in [1.29, 1.82) is 0 Å². The molecule has 0 atom stereocenters. The summed E-state index contributed by atoms with van der Waals surface area (Å²) in [6.45, 7) is 4.20. The van der Waals surface area contributed by atoms with E-state index in [1.807, 2.05) is 11.0 Å². The van der Waals surface area contributed by atoms with Crippen LogP contribution in [0.2, 0.25) is 0 Å². The minimum Gasteiger partial charge on any atom is -0.494 e. The van der Waals surface area contributed by atoms with Crippen LogP contribution in [0.1, 0.15) is 22.5 Å². The maximum atomic E-state index is 13.8. The summed E-state index contributed by atoms with van der Waals surface area (Å²) in [5, 5.41) is 8.93. The highest BCUT2D eigenvalue weighted by molar-refractivity contribution is 7.07. The maximum Gasteiger partial charge on any atom is 0.490 e. The monoisotopic (exact) mass is 475 g/mol. The molecule has 1 aromatic carbocycles. The average molecular weight is 475 g/mol. The summed E-state index contributed by atoms with van der Waals surface area (Å²) in [6, 6.07) is 5.11. The number of carboxylic acids is 1. The Morgan fingerprint density at radius 2 is 1.97 bits per heavy atom. The lowest BCUT2D eigenvalue weighted by Crippen LogP contribution is -2.57. The van der Waals surface area contributed by atoms with Gasteiger partial charge in [0.2, 0.25) is 0 Å². The molecular weight excluding hydrogens is 454 g/mol. The summed E-state index contributed by atoms with van der Waals surface area (Å²) >= 11 is 1.45. The summed E-state index contributed by atoms with van der Waals surface area (Å²) in [6.07, 6.45) is -4.06. The van der Waals surface area contributed by atoms with Crippen molar-refractivity contribution in [3.63, 3.8) is 0 Å². The van der Waals surface area contributed by atoms with Gasteiger partial charge in [0.05, 0.1) is 12.6 Å². The normalized spacial score (nSPS) is 17.5. The molecule has 2 saturated heterocycles. The van der Waals surface area contributed by atoms with Gasteiger partial charge in [0.1, 0.15) is 5.69 Å². The molecule has 12 heteroatoms. The number of alkyl halides is 3. The van der Waals surface area contributed by atoms with Gasteiger partial charge in [-0.2, -0.15) is 13.2 Å². The van der Waals surface area contributed by atoms with Gasteiger partial charge in [-0.3, -0.25) is 9.69 Å². The van der Waals surface area contributed by atoms with E-state index in [4.69, 9.17) is 14.6 Å². The number of thiazole rings is 1. The van der Waals surface area contributed by atoms with Gasteiger partial charge in [-0.15, -0.1) is 11.3 Å². The summed E-state index contributed by atoms with van der Waals surface area (Å²) in [7, 11) is 1.47. The number of aliphatic carboxylic acids is 1. The van der Waals surface area contributed by atoms with E-state index < -0.39 is 12.1 Å². The first-order valence-corrected chi connectivity index (χ1v) is 10.5. The van der Waals surface area contributed by atoms with E-state index >= 15 is 0 Å². The second kappa shape index (κ2) is 9.41. The van der Waals surface area contributed by atoms with E-state index in [1.54, 1.807) is 17.0 Å². The number of aromatic nitrogens is 1. The van der Waals surface area contributed by atoms with Crippen LogP contribution in [0.15, 0.2) is 29.1 Å². The van der Waals surface area contributed by atoms with Gasteiger partial charge in [-0.1, -0.05) is 6.07 Å². The van der Waals surface area contributed by atoms with Crippen molar-refractivity contribution >= 4 is 23.2 Å². The molecule has 3 heterocycles. The van der Waals surface area contributed by atoms with Gasteiger partial charge in [0.25, 0.3) is 5.91 Å². The predicted octanol–water partition coefficient (Wildman–Crippen LogP) is 3.27. The maximum absolute atomic E-state index is 13.8. The van der Waals surface area contributed by atoms with Gasteiger partial charge in [-0.05, 0) is 24.1 Å². The highest BCUT2D eigenvalue weighted by Gasteiger charge is 2.48. The number of hydrogen-bond donors (Lipinski definition) is 1. The molecule has 0 saturated carbocycles. The number of benzene rings is 1. The smallest absolute Gasteiger partial charge is 0.490 e. The third-order valence-electron chi connectivity index (χ3n) is 5.36. The number of amides is 1. The molecule has 0 bridgehead atoms. The minimum atomic E-state index is -5.08. The van der Waals surface area contributed by atoms with Gasteiger partial charge < -0.3 is 14.7 Å². The van der Waals surface area contributed by atoms with Crippen molar-refractivity contribution in [2.24, 2.45) is 5.41 Å². The van der Waals surface area contributed by atoms with Gasteiger partial charge in [0.15, 0.2) is 11.6 Å². The summed E-state index contributed by atoms with van der Waals surface area (Å²) in [4.78, 5) is 29.6. The molecule has 32 heavy (non-hydrogen) atoms. The number of nitrogens with zero attached hydrogens (tertiary/aromatic N) is 3. The molecule has 2 aliphatic heterocycles. The number of hydrogen-bond acceptors (Lipinski definition) is 6. The molecule has 174 valence electrons. The second-order valence-corrected chi connectivity index (χ2v) is 8.49. The quantitative estimate of drug-likeness (QED) is 0.684. The number of methoxy groups -OCH3 is 1. The van der Waals surface area contributed by atoms with Crippen LogP contribution in [0.4, 0.5) is 17.6 Å². The highest BCUT2D eigenvalue weighted by atomic mass is 32.1. The molecule has 0 unspecified atom stereocenters. The molecular formula is C20H21F4N3O4S. The van der Waals surface area contributed by atoms with Crippen LogP contribution >= 0.6 is 11.3 Å². The Labute approximate surface area is 185 Å². The van der Waals surface area contributed by atoms with Gasteiger partial charge in [-0.25, -0.2) is 14.2 Å². The third-order valence-corrected chi connectivity index (χ3v) is 5.95. The molecule has 1 N–H and O–H groups in total. The zero-order valence-corrected chi connectivity index (χ0v) is 17.9. The summed E-state index contributed by atoms with van der Waals surface area (Å²) in [5.41, 5.74) is 3.38. The molecule has 1 aromatic heterocycles. The Kier molecular flexibility index (Phi) is 7.03. The standard InChI is InChI=1S/C18H20FN3O2S.C2HF3O2/c1-24-16-3-2-13(6-14(16)19)7-21-9-18(10-21)4-5-22(11-18)17(23)15-8-25-12-20-15;3-2(4,5)1(6)7/h2-3,6,8,12H,4-5,7,9-11H2,1H3;(H,6,7). The van der Waals surface area contributed by atoms with E-state index in [1.165, 1.54) is 24.5 Å². The van der Waals surface area contributed by atoms with Crippen LogP contribution in [0.5, 0.6) is 5.75 Å². The van der Waals surface area contributed by atoms with Gasteiger partial charge >= 0.3 is 12.1 Å². The molecule has 0 radical (unpaired) electrons. The van der Waals surface area contributed by atoms with Crippen molar-refractivity contribution in [3.05, 3.63) is 46.2 Å². The van der Waals surface area contributed by atoms with E-state index in [2.05, 4.69) is 9.88 Å². The Hall–Kier alpha value is -2.73. The summed E-state index contributed by atoms with van der Waals surface area (Å²) < 4.78 is 50.5. The van der Waals surface area contributed by atoms with Crippen molar-refractivity contribution in [3.8, 4) is 5.75 Å². The minimum absolute atomic E-state index is 0.0359. The van der Waals surface area contributed by atoms with Crippen LogP contribution in [-0.2, 0) is 11.3 Å². The number of halogens is 4. The Balaban J connectivity index is 0.000000360. The Morgan fingerprint density at radius 3 is 2.50 bits per heavy atom. The van der Waals surface area contributed by atoms with E-state index in [0.717, 1.165) is 44.7 Å². The van der Waals surface area contributed by atoms with Crippen molar-refractivity contribution < 1.29 is 37.0 Å². The largest absolute Gasteiger partial charge is 0.494 e. The van der Waals surface area contributed by atoms with E-state index in [-0.39, 0.29) is 22.9 Å². The first-order valence-electron chi connectivity index (χ1n) is 9.55. The van der Waals surface area contributed by atoms with E-state index in [0.29, 0.717) is 5.69 Å². The molecule has 2 fully saturated rings. The zero-order chi connectivity index (χ0) is 23.5. The van der Waals surface area contributed by atoms with Crippen LogP contribution in [0.25, 0.3) is 0 Å². The summed E-state index contributed by atoms with van der Waals surface area (Å²) in [5.74, 6) is -2.77. The number of carboxylic acid groups (broad SMARTS) is 1. The SMILES string of the molecule is COc1ccc(CN2CC3(CCN(C(=O)c4cscn4)C3)C2)cc1F.O=C(O)C(F)(F)F. The molecule has 2 aliphatic rings. The number of likely N-dealkylation sites (tertiary alicyclic amines) is 2. The lowest BCUT2D eigenvalue weighted by molar-refractivity contribution is -0.192. The lowest BCUT2D eigenvalue weighted by atomic mass is 9.79. The van der Waals surface area contributed by atoms with E-state index in [9.17, 15) is 22.4 Å². The van der Waals surface area contributed by atoms with Crippen LogP contribution in [-0.4, -0.2) is 71.2 Å². The fraction of sp³-hybridized carbons (Fsp3) is 0.450. The van der Waals surface area contributed by atoms with Crippen LogP contribution < -0.4 is 4.74 Å².